The molecule has 134 valence electrons. The molecular weight excluding hydrogens is 338 g/mol. The molecule has 0 radical (unpaired) electrons. The van der Waals surface area contributed by atoms with Crippen LogP contribution in [0.3, 0.4) is 0 Å². The van der Waals surface area contributed by atoms with Crippen molar-refractivity contribution in [3.05, 3.63) is 65.2 Å². The summed E-state index contributed by atoms with van der Waals surface area (Å²) in [5, 5.41) is 2.77. The van der Waals surface area contributed by atoms with Gasteiger partial charge in [-0.15, -0.1) is 0 Å². The van der Waals surface area contributed by atoms with Crippen LogP contribution in [0.5, 0.6) is 0 Å². The minimum absolute atomic E-state index is 0.0671. The van der Waals surface area contributed by atoms with Crippen LogP contribution in [0.15, 0.2) is 53.4 Å². The topological polar surface area (TPSA) is 101 Å². The summed E-state index contributed by atoms with van der Waals surface area (Å²) in [5.41, 5.74) is 8.01. The molecule has 25 heavy (non-hydrogen) atoms. The fourth-order valence-electron chi connectivity index (χ4n) is 2.40. The normalized spacial score (nSPS) is 12.6. The monoisotopic (exact) mass is 361 g/mol. The molecule has 7 heteroatoms. The van der Waals surface area contributed by atoms with Crippen LogP contribution in [0.2, 0.25) is 0 Å². The average Bonchev–Trinajstić information content (AvgIpc) is 2.60. The Kier molecular flexibility index (Phi) is 6.30. The number of rotatable bonds is 7. The van der Waals surface area contributed by atoms with E-state index in [0.29, 0.717) is 11.1 Å². The van der Waals surface area contributed by atoms with Crippen molar-refractivity contribution in [2.75, 3.05) is 13.1 Å². The van der Waals surface area contributed by atoms with E-state index in [-0.39, 0.29) is 29.9 Å². The summed E-state index contributed by atoms with van der Waals surface area (Å²) in [6.45, 7) is 4.00. The Morgan fingerprint density at radius 2 is 1.84 bits per heavy atom. The van der Waals surface area contributed by atoms with Crippen molar-refractivity contribution in [3.63, 3.8) is 0 Å². The first kappa shape index (κ1) is 19.1. The van der Waals surface area contributed by atoms with Crippen LogP contribution in [0.1, 0.15) is 34.5 Å². The summed E-state index contributed by atoms with van der Waals surface area (Å²) in [4.78, 5) is 12.5. The molecule has 0 aliphatic heterocycles. The van der Waals surface area contributed by atoms with Crippen molar-refractivity contribution in [2.24, 2.45) is 5.73 Å². The smallest absolute Gasteiger partial charge is 0.251 e. The van der Waals surface area contributed by atoms with E-state index in [0.717, 1.165) is 5.56 Å². The number of benzene rings is 2. The summed E-state index contributed by atoms with van der Waals surface area (Å²) in [7, 11) is -3.61. The van der Waals surface area contributed by atoms with Gasteiger partial charge in [0.2, 0.25) is 10.0 Å². The van der Waals surface area contributed by atoms with Crippen molar-refractivity contribution in [3.8, 4) is 0 Å². The summed E-state index contributed by atoms with van der Waals surface area (Å²) in [5.74, 6) is -0.350. The maximum absolute atomic E-state index is 12.5. The van der Waals surface area contributed by atoms with E-state index in [4.69, 9.17) is 5.73 Å². The van der Waals surface area contributed by atoms with E-state index in [2.05, 4.69) is 10.0 Å². The van der Waals surface area contributed by atoms with Crippen molar-refractivity contribution in [1.29, 1.82) is 0 Å². The fraction of sp³-hybridized carbons (Fsp3) is 0.278. The molecule has 0 spiro atoms. The Morgan fingerprint density at radius 3 is 2.48 bits per heavy atom. The Hall–Kier alpha value is -2.22. The molecule has 6 nitrogen and oxygen atoms in total. The molecule has 2 aromatic rings. The number of nitrogens with one attached hydrogen (secondary N) is 2. The van der Waals surface area contributed by atoms with Gasteiger partial charge in [0, 0.05) is 24.7 Å². The number of carbonyl (C=O) groups is 1. The fourth-order valence-corrected chi connectivity index (χ4v) is 3.47. The van der Waals surface area contributed by atoms with Crippen molar-refractivity contribution in [1.82, 2.24) is 10.0 Å². The largest absolute Gasteiger partial charge is 0.350 e. The number of hydrogen-bond acceptors (Lipinski definition) is 4. The maximum Gasteiger partial charge on any atom is 0.251 e. The van der Waals surface area contributed by atoms with Gasteiger partial charge in [-0.3, -0.25) is 4.79 Å². The van der Waals surface area contributed by atoms with Crippen LogP contribution in [-0.4, -0.2) is 27.4 Å². The minimum atomic E-state index is -3.61. The van der Waals surface area contributed by atoms with E-state index in [9.17, 15) is 13.2 Å². The number of sulfonamides is 1. The first-order valence-corrected chi connectivity index (χ1v) is 9.52. The standard InChI is InChI=1S/C18H23N3O3S/c1-3-21-25(23,24)15-10-9-13(2)16(11-15)18(22)20-12-17(19)14-7-5-4-6-8-14/h4-11,17,21H,3,12,19H2,1-2H3,(H,20,22). The average molecular weight is 361 g/mol. The molecule has 1 atom stereocenters. The number of nitrogens with two attached hydrogens (primary N) is 1. The molecule has 0 saturated carbocycles. The summed E-state index contributed by atoms with van der Waals surface area (Å²) in [6.07, 6.45) is 0. The van der Waals surface area contributed by atoms with Crippen molar-refractivity contribution >= 4 is 15.9 Å². The van der Waals surface area contributed by atoms with Crippen molar-refractivity contribution in [2.45, 2.75) is 24.8 Å². The molecule has 0 aliphatic carbocycles. The van der Waals surface area contributed by atoms with E-state index in [1.165, 1.54) is 12.1 Å². The highest BCUT2D eigenvalue weighted by Crippen LogP contribution is 2.16. The third kappa shape index (κ3) is 4.88. The molecule has 0 bridgehead atoms. The lowest BCUT2D eigenvalue weighted by Crippen LogP contribution is -2.32. The van der Waals surface area contributed by atoms with E-state index in [1.807, 2.05) is 30.3 Å². The summed E-state index contributed by atoms with van der Waals surface area (Å²) < 4.78 is 26.6. The highest BCUT2D eigenvalue weighted by atomic mass is 32.2. The van der Waals surface area contributed by atoms with Gasteiger partial charge in [0.15, 0.2) is 0 Å². The zero-order valence-corrected chi connectivity index (χ0v) is 15.1. The lowest BCUT2D eigenvalue weighted by atomic mass is 10.1. The summed E-state index contributed by atoms with van der Waals surface area (Å²) in [6, 6.07) is 13.6. The predicted molar refractivity (Wildman–Crippen MR) is 97.7 cm³/mol. The van der Waals surface area contributed by atoms with Gasteiger partial charge in [0.05, 0.1) is 4.90 Å². The maximum atomic E-state index is 12.5. The molecule has 1 unspecified atom stereocenters. The van der Waals surface area contributed by atoms with Gasteiger partial charge < -0.3 is 11.1 Å². The third-order valence-electron chi connectivity index (χ3n) is 3.81. The number of aryl methyl sites for hydroxylation is 1. The molecule has 2 aromatic carbocycles. The molecule has 0 aromatic heterocycles. The summed E-state index contributed by atoms with van der Waals surface area (Å²) >= 11 is 0. The number of hydrogen-bond donors (Lipinski definition) is 3. The second-order valence-corrected chi connectivity index (χ2v) is 7.47. The molecule has 2 rings (SSSR count). The van der Waals surface area contributed by atoms with Crippen LogP contribution in [0, 0.1) is 6.92 Å². The van der Waals surface area contributed by atoms with Crippen LogP contribution >= 0.6 is 0 Å². The molecule has 0 saturated heterocycles. The van der Waals surface area contributed by atoms with Crippen LogP contribution in [0.4, 0.5) is 0 Å². The van der Waals surface area contributed by atoms with Crippen LogP contribution in [-0.2, 0) is 10.0 Å². The van der Waals surface area contributed by atoms with Gasteiger partial charge >= 0.3 is 0 Å². The van der Waals surface area contributed by atoms with E-state index in [1.54, 1.807) is 19.9 Å². The van der Waals surface area contributed by atoms with Gasteiger partial charge in [-0.1, -0.05) is 43.3 Å². The van der Waals surface area contributed by atoms with Gasteiger partial charge in [0.25, 0.3) is 5.91 Å². The lowest BCUT2D eigenvalue weighted by Gasteiger charge is -2.14. The Balaban J connectivity index is 2.14. The zero-order chi connectivity index (χ0) is 18.4. The van der Waals surface area contributed by atoms with Gasteiger partial charge in [0.1, 0.15) is 0 Å². The molecule has 1 amide bonds. The number of carbonyl (C=O) groups excluding carboxylic acids is 1. The second kappa shape index (κ2) is 8.24. The molecular formula is C18H23N3O3S. The zero-order valence-electron chi connectivity index (χ0n) is 14.3. The number of amides is 1. The lowest BCUT2D eigenvalue weighted by molar-refractivity contribution is 0.0950. The highest BCUT2D eigenvalue weighted by molar-refractivity contribution is 7.89. The molecule has 0 heterocycles. The highest BCUT2D eigenvalue weighted by Gasteiger charge is 2.17. The predicted octanol–water partition coefficient (Wildman–Crippen LogP) is 1.72. The van der Waals surface area contributed by atoms with Gasteiger partial charge in [-0.25, -0.2) is 13.1 Å². The SMILES string of the molecule is CCNS(=O)(=O)c1ccc(C)c(C(=O)NCC(N)c2ccccc2)c1. The third-order valence-corrected chi connectivity index (χ3v) is 5.35. The second-order valence-electron chi connectivity index (χ2n) is 5.71. The molecule has 0 aliphatic rings. The Morgan fingerprint density at radius 1 is 1.16 bits per heavy atom. The van der Waals surface area contributed by atoms with Gasteiger partial charge in [-0.2, -0.15) is 0 Å². The minimum Gasteiger partial charge on any atom is -0.350 e. The Bertz CT molecular complexity index is 836. The molecule has 4 N–H and O–H groups in total. The quantitative estimate of drug-likeness (QED) is 0.699. The first-order valence-electron chi connectivity index (χ1n) is 8.04. The Labute approximate surface area is 148 Å². The van der Waals surface area contributed by atoms with E-state index >= 15 is 0 Å². The van der Waals surface area contributed by atoms with Crippen LogP contribution in [0.25, 0.3) is 0 Å². The van der Waals surface area contributed by atoms with Gasteiger partial charge in [-0.05, 0) is 30.2 Å². The van der Waals surface area contributed by atoms with E-state index < -0.39 is 10.0 Å². The van der Waals surface area contributed by atoms with Crippen molar-refractivity contribution < 1.29 is 13.2 Å². The van der Waals surface area contributed by atoms with Crippen LogP contribution < -0.4 is 15.8 Å². The molecule has 0 fully saturated rings. The first-order chi connectivity index (χ1) is 11.8.